The first-order valence-electron chi connectivity index (χ1n) is 8.36. The Kier molecular flexibility index (Phi) is 3.76. The summed E-state index contributed by atoms with van der Waals surface area (Å²) in [5.41, 5.74) is 2.61. The van der Waals surface area contributed by atoms with E-state index in [2.05, 4.69) is 21.9 Å². The Morgan fingerprint density at radius 1 is 1.12 bits per heavy atom. The van der Waals surface area contributed by atoms with Gasteiger partial charge >= 0.3 is 5.70 Å². The quantitative estimate of drug-likeness (QED) is 0.574. The lowest BCUT2D eigenvalue weighted by molar-refractivity contribution is -0.418. The molecule has 0 atom stereocenters. The first kappa shape index (κ1) is 15.8. The van der Waals surface area contributed by atoms with Crippen LogP contribution in [0, 0.1) is 10.1 Å². The van der Waals surface area contributed by atoms with Crippen LogP contribution in [-0.4, -0.2) is 64.6 Å². The zero-order valence-corrected chi connectivity index (χ0v) is 14.3. The van der Waals surface area contributed by atoms with Crippen LogP contribution in [0.2, 0.25) is 0 Å². The van der Waals surface area contributed by atoms with Gasteiger partial charge in [-0.3, -0.25) is 10.1 Å². The Morgan fingerprint density at radius 2 is 1.84 bits per heavy atom. The zero-order chi connectivity index (χ0) is 17.6. The number of para-hydroxylation sites is 1. The SMILES string of the molecule is CC1=C([N+](=O)[O-])C(N2CCN(C)CC2)=NC2=Nc3ccccc3CN21. The number of aliphatic imine (C=N–C) groups is 2. The lowest BCUT2D eigenvalue weighted by atomic mass is 10.1. The number of fused-ring (bicyclic) bond motifs is 2. The van der Waals surface area contributed by atoms with Gasteiger partial charge in [0.05, 0.1) is 17.2 Å². The Labute approximate surface area is 145 Å². The number of likely N-dealkylation sites (N-methyl/N-ethyl adjacent to an activating group) is 1. The predicted molar refractivity (Wildman–Crippen MR) is 95.3 cm³/mol. The number of hydrogen-bond donors (Lipinski definition) is 0. The molecule has 1 saturated heterocycles. The first-order chi connectivity index (χ1) is 12.0. The van der Waals surface area contributed by atoms with Crippen LogP contribution < -0.4 is 0 Å². The van der Waals surface area contributed by atoms with Crippen LogP contribution in [0.4, 0.5) is 5.69 Å². The van der Waals surface area contributed by atoms with Crippen LogP contribution in [0.5, 0.6) is 0 Å². The molecule has 4 rings (SSSR count). The number of benzene rings is 1. The summed E-state index contributed by atoms with van der Waals surface area (Å²) < 4.78 is 0. The summed E-state index contributed by atoms with van der Waals surface area (Å²) in [5.74, 6) is 0.973. The maximum absolute atomic E-state index is 11.8. The molecule has 0 spiro atoms. The molecule has 3 aliphatic heterocycles. The lowest BCUT2D eigenvalue weighted by Crippen LogP contribution is -2.51. The van der Waals surface area contributed by atoms with Gasteiger partial charge in [0, 0.05) is 26.2 Å². The average molecular weight is 340 g/mol. The molecule has 0 aromatic heterocycles. The van der Waals surface area contributed by atoms with Gasteiger partial charge in [0.2, 0.25) is 11.8 Å². The molecule has 1 aromatic carbocycles. The van der Waals surface area contributed by atoms with Gasteiger partial charge in [0.1, 0.15) is 5.70 Å². The summed E-state index contributed by atoms with van der Waals surface area (Å²) in [6.07, 6.45) is 0. The summed E-state index contributed by atoms with van der Waals surface area (Å²) in [6, 6.07) is 7.84. The van der Waals surface area contributed by atoms with Crippen LogP contribution in [0.1, 0.15) is 12.5 Å². The normalized spacial score (nSPS) is 20.7. The van der Waals surface area contributed by atoms with Gasteiger partial charge in [-0.05, 0) is 25.6 Å². The van der Waals surface area contributed by atoms with Crippen LogP contribution in [0.15, 0.2) is 45.6 Å². The van der Waals surface area contributed by atoms with Crippen molar-refractivity contribution in [1.82, 2.24) is 14.7 Å². The second-order valence-electron chi connectivity index (χ2n) is 6.54. The Bertz CT molecular complexity index is 820. The number of allylic oxidation sites excluding steroid dienone is 1. The lowest BCUT2D eigenvalue weighted by Gasteiger charge is -2.37. The van der Waals surface area contributed by atoms with Crippen molar-refractivity contribution >= 4 is 17.5 Å². The number of amidine groups is 1. The monoisotopic (exact) mass is 340 g/mol. The smallest absolute Gasteiger partial charge is 0.330 e. The molecule has 8 nitrogen and oxygen atoms in total. The molecular formula is C17H20N6O2. The van der Waals surface area contributed by atoms with E-state index in [1.54, 1.807) is 6.92 Å². The number of hydrogen-bond acceptors (Lipinski definition) is 7. The van der Waals surface area contributed by atoms with Crippen molar-refractivity contribution in [2.24, 2.45) is 9.98 Å². The second kappa shape index (κ2) is 5.96. The molecule has 0 saturated carbocycles. The fraction of sp³-hybridized carbons (Fsp3) is 0.412. The summed E-state index contributed by atoms with van der Waals surface area (Å²) in [4.78, 5) is 26.7. The highest BCUT2D eigenvalue weighted by molar-refractivity contribution is 6.08. The fourth-order valence-corrected chi connectivity index (χ4v) is 3.41. The van der Waals surface area contributed by atoms with Gasteiger partial charge in [-0.1, -0.05) is 18.2 Å². The van der Waals surface area contributed by atoms with Crippen molar-refractivity contribution in [2.75, 3.05) is 33.2 Å². The second-order valence-corrected chi connectivity index (χ2v) is 6.54. The van der Waals surface area contributed by atoms with Crippen LogP contribution >= 0.6 is 0 Å². The predicted octanol–water partition coefficient (Wildman–Crippen LogP) is 1.66. The number of nitro groups is 1. The van der Waals surface area contributed by atoms with Crippen molar-refractivity contribution in [2.45, 2.75) is 13.5 Å². The molecule has 25 heavy (non-hydrogen) atoms. The van der Waals surface area contributed by atoms with Crippen molar-refractivity contribution in [1.29, 1.82) is 0 Å². The summed E-state index contributed by atoms with van der Waals surface area (Å²) >= 11 is 0. The molecule has 0 unspecified atom stereocenters. The minimum atomic E-state index is -0.316. The minimum absolute atomic E-state index is 0.0860. The van der Waals surface area contributed by atoms with Crippen LogP contribution in [0.3, 0.4) is 0 Å². The first-order valence-corrected chi connectivity index (χ1v) is 8.36. The maximum atomic E-state index is 11.8. The summed E-state index contributed by atoms with van der Waals surface area (Å²) in [7, 11) is 2.05. The molecule has 130 valence electrons. The van der Waals surface area contributed by atoms with Crippen LogP contribution in [-0.2, 0) is 6.54 Å². The average Bonchev–Trinajstić information content (AvgIpc) is 2.60. The number of rotatable bonds is 1. The van der Waals surface area contributed by atoms with Gasteiger partial charge < -0.3 is 14.7 Å². The molecule has 3 heterocycles. The van der Waals surface area contributed by atoms with Gasteiger partial charge in [-0.15, -0.1) is 0 Å². The highest BCUT2D eigenvalue weighted by Gasteiger charge is 2.38. The van der Waals surface area contributed by atoms with Crippen molar-refractivity contribution in [3.05, 3.63) is 51.3 Å². The molecule has 1 fully saturated rings. The molecular weight excluding hydrogens is 320 g/mol. The molecule has 1 aromatic rings. The van der Waals surface area contributed by atoms with E-state index in [4.69, 9.17) is 0 Å². The summed E-state index contributed by atoms with van der Waals surface area (Å²) in [5, 5.41) is 11.8. The van der Waals surface area contributed by atoms with Gasteiger partial charge in [0.15, 0.2) is 0 Å². The number of piperazine rings is 1. The maximum Gasteiger partial charge on any atom is 0.330 e. The number of guanidine groups is 1. The van der Waals surface area contributed by atoms with Crippen molar-refractivity contribution in [3.63, 3.8) is 0 Å². The van der Waals surface area contributed by atoms with Crippen molar-refractivity contribution < 1.29 is 4.92 Å². The number of nitrogens with zero attached hydrogens (tertiary/aromatic N) is 6. The van der Waals surface area contributed by atoms with Gasteiger partial charge in [-0.2, -0.15) is 4.99 Å². The van der Waals surface area contributed by atoms with E-state index in [-0.39, 0.29) is 10.6 Å². The van der Waals surface area contributed by atoms with E-state index in [1.807, 2.05) is 34.1 Å². The fourth-order valence-electron chi connectivity index (χ4n) is 3.41. The van der Waals surface area contributed by atoms with E-state index < -0.39 is 0 Å². The largest absolute Gasteiger partial charge is 0.348 e. The highest BCUT2D eigenvalue weighted by atomic mass is 16.6. The van der Waals surface area contributed by atoms with E-state index in [0.29, 0.717) is 24.0 Å². The molecule has 0 bridgehead atoms. The highest BCUT2D eigenvalue weighted by Crippen LogP contribution is 2.32. The minimum Gasteiger partial charge on any atom is -0.348 e. The van der Waals surface area contributed by atoms with E-state index in [9.17, 15) is 10.1 Å². The van der Waals surface area contributed by atoms with E-state index in [1.165, 1.54) is 0 Å². The van der Waals surface area contributed by atoms with Gasteiger partial charge in [0.25, 0.3) is 0 Å². The molecule has 0 N–H and O–H groups in total. The Balaban J connectivity index is 1.78. The van der Waals surface area contributed by atoms with Crippen LogP contribution in [0.25, 0.3) is 0 Å². The van der Waals surface area contributed by atoms with E-state index in [0.717, 1.165) is 37.4 Å². The molecule has 0 amide bonds. The molecule has 8 heteroatoms. The third-order valence-corrected chi connectivity index (χ3v) is 4.93. The topological polar surface area (TPSA) is 77.6 Å². The van der Waals surface area contributed by atoms with E-state index >= 15 is 0 Å². The Hall–Kier alpha value is -2.74. The molecule has 3 aliphatic rings. The summed E-state index contributed by atoms with van der Waals surface area (Å²) in [6.45, 7) is 5.52. The molecule has 0 radical (unpaired) electrons. The third kappa shape index (κ3) is 2.68. The third-order valence-electron chi connectivity index (χ3n) is 4.93. The van der Waals surface area contributed by atoms with Gasteiger partial charge in [-0.25, -0.2) is 4.99 Å². The Morgan fingerprint density at radius 3 is 2.56 bits per heavy atom. The standard InChI is InChI=1S/C17H20N6O2/c1-12-15(23(24)25)16(21-9-7-20(2)8-10-21)19-17-18-14-6-4-3-5-13(14)11-22(12)17/h3-6H,7-11H2,1-2H3. The zero-order valence-electron chi connectivity index (χ0n) is 14.3. The van der Waals surface area contributed by atoms with Crippen molar-refractivity contribution in [3.8, 4) is 0 Å². The molecule has 0 aliphatic carbocycles.